The maximum atomic E-state index is 14.2. The van der Waals surface area contributed by atoms with Crippen LogP contribution in [-0.2, 0) is 12.0 Å². The van der Waals surface area contributed by atoms with Gasteiger partial charge in [-0.3, -0.25) is 9.69 Å². The third kappa shape index (κ3) is 4.13. The molecule has 5 rings (SSSR count). The van der Waals surface area contributed by atoms with Gasteiger partial charge in [0.25, 0.3) is 5.91 Å². The van der Waals surface area contributed by atoms with Gasteiger partial charge in [0.2, 0.25) is 0 Å². The fourth-order valence-corrected chi connectivity index (χ4v) is 5.10. The Morgan fingerprint density at radius 1 is 0.788 bits per heavy atom. The Morgan fingerprint density at radius 3 is 2.09 bits per heavy atom. The fourth-order valence-electron chi connectivity index (χ4n) is 5.10. The van der Waals surface area contributed by atoms with Crippen molar-refractivity contribution in [2.45, 2.75) is 24.8 Å². The lowest BCUT2D eigenvalue weighted by molar-refractivity contribution is 0.0975. The lowest BCUT2D eigenvalue weighted by Gasteiger charge is -2.40. The van der Waals surface area contributed by atoms with Crippen molar-refractivity contribution >= 4 is 11.6 Å². The molecule has 1 spiro atoms. The van der Waals surface area contributed by atoms with Gasteiger partial charge in [-0.2, -0.15) is 0 Å². The van der Waals surface area contributed by atoms with Gasteiger partial charge in [0.15, 0.2) is 0 Å². The number of rotatable bonds is 3. The van der Waals surface area contributed by atoms with Gasteiger partial charge in [0.1, 0.15) is 23.3 Å². The van der Waals surface area contributed by atoms with E-state index in [-0.39, 0.29) is 11.7 Å². The average Bonchev–Trinajstić information content (AvgIpc) is 3.08. The molecule has 1 fully saturated rings. The Bertz CT molecular complexity index is 1180. The molecule has 33 heavy (non-hydrogen) atoms. The number of nitrogens with zero attached hydrogens (tertiary/aromatic N) is 2. The molecular weight excluding hydrogens is 432 g/mol. The van der Waals surface area contributed by atoms with Gasteiger partial charge in [-0.1, -0.05) is 0 Å². The van der Waals surface area contributed by atoms with E-state index < -0.39 is 22.9 Å². The Kier molecular flexibility index (Phi) is 5.44. The monoisotopic (exact) mass is 454 g/mol. The largest absolute Gasteiger partial charge is 0.307 e. The van der Waals surface area contributed by atoms with E-state index in [1.54, 1.807) is 11.0 Å². The Balaban J connectivity index is 1.38. The average molecular weight is 454 g/mol. The Hall–Kier alpha value is -3.19. The van der Waals surface area contributed by atoms with Crippen molar-refractivity contribution < 1.29 is 22.4 Å². The minimum absolute atomic E-state index is 0.252. The molecule has 0 bridgehead atoms. The molecule has 2 aliphatic heterocycles. The molecule has 2 heterocycles. The fraction of sp³-hybridized carbons (Fsp3) is 0.269. The zero-order chi connectivity index (χ0) is 23.2. The summed E-state index contributed by atoms with van der Waals surface area (Å²) in [6.45, 7) is 2.11. The number of hydrogen-bond donors (Lipinski definition) is 0. The van der Waals surface area contributed by atoms with Gasteiger partial charge in [-0.05, 0) is 91.7 Å². The summed E-state index contributed by atoms with van der Waals surface area (Å²) in [5.74, 6) is -2.24. The van der Waals surface area contributed by atoms with E-state index in [1.165, 1.54) is 48.5 Å². The smallest absolute Gasteiger partial charge is 0.258 e. The third-order valence-electron chi connectivity index (χ3n) is 6.76. The summed E-state index contributed by atoms with van der Waals surface area (Å²) in [6.07, 6.45) is 1.35. The third-order valence-corrected chi connectivity index (χ3v) is 6.76. The number of anilines is 1. The molecule has 2 aliphatic rings. The second-order valence-electron chi connectivity index (χ2n) is 8.89. The van der Waals surface area contributed by atoms with Crippen LogP contribution in [0, 0.1) is 23.3 Å². The Morgan fingerprint density at radius 2 is 1.42 bits per heavy atom. The molecule has 0 unspecified atom stereocenters. The minimum atomic E-state index is -0.603. The van der Waals surface area contributed by atoms with E-state index >= 15 is 0 Å². The predicted octanol–water partition coefficient (Wildman–Crippen LogP) is 5.44. The molecule has 0 aromatic heterocycles. The highest BCUT2D eigenvalue weighted by molar-refractivity contribution is 6.07. The van der Waals surface area contributed by atoms with Gasteiger partial charge < -0.3 is 4.90 Å². The lowest BCUT2D eigenvalue weighted by atomic mass is 9.74. The molecule has 0 N–H and O–H groups in total. The summed E-state index contributed by atoms with van der Waals surface area (Å²) >= 11 is 0. The second kappa shape index (κ2) is 8.30. The van der Waals surface area contributed by atoms with Crippen LogP contribution in [-0.4, -0.2) is 30.4 Å². The van der Waals surface area contributed by atoms with Gasteiger partial charge >= 0.3 is 0 Å². The molecular formula is C26H22F4N2O. The van der Waals surface area contributed by atoms with E-state index in [2.05, 4.69) is 4.90 Å². The summed E-state index contributed by atoms with van der Waals surface area (Å²) < 4.78 is 54.6. The SMILES string of the molecule is O=C(c1ccc(F)cc1)N1CC2(CCN(Cc3cc(F)cc(F)c3)CC2)c2cc(F)ccc21. The summed E-state index contributed by atoms with van der Waals surface area (Å²) in [5.41, 5.74) is 2.00. The number of amides is 1. The second-order valence-corrected chi connectivity index (χ2v) is 8.89. The highest BCUT2D eigenvalue weighted by Gasteiger charge is 2.46. The van der Waals surface area contributed by atoms with Crippen LogP contribution in [0.4, 0.5) is 23.2 Å². The first-order valence-corrected chi connectivity index (χ1v) is 10.9. The van der Waals surface area contributed by atoms with Crippen LogP contribution in [0.15, 0.2) is 60.7 Å². The van der Waals surface area contributed by atoms with Gasteiger partial charge in [-0.15, -0.1) is 0 Å². The zero-order valence-corrected chi connectivity index (χ0v) is 17.8. The van der Waals surface area contributed by atoms with Crippen molar-refractivity contribution in [3.63, 3.8) is 0 Å². The van der Waals surface area contributed by atoms with Gasteiger partial charge in [0.05, 0.1) is 0 Å². The highest BCUT2D eigenvalue weighted by Crippen LogP contribution is 2.47. The first kappa shape index (κ1) is 21.6. The number of carbonyl (C=O) groups excluding carboxylic acids is 1. The summed E-state index contributed by atoms with van der Waals surface area (Å²) in [4.78, 5) is 17.0. The number of fused-ring (bicyclic) bond motifs is 2. The minimum Gasteiger partial charge on any atom is -0.307 e. The zero-order valence-electron chi connectivity index (χ0n) is 17.8. The summed E-state index contributed by atoms with van der Waals surface area (Å²) in [5, 5.41) is 0. The molecule has 3 aromatic carbocycles. The molecule has 170 valence electrons. The Labute approximate surface area is 189 Å². The van der Waals surface area contributed by atoms with Crippen LogP contribution in [0.1, 0.15) is 34.3 Å². The first-order chi connectivity index (χ1) is 15.8. The molecule has 1 saturated heterocycles. The van der Waals surface area contributed by atoms with Crippen LogP contribution in [0.2, 0.25) is 0 Å². The van der Waals surface area contributed by atoms with Crippen molar-refractivity contribution in [2.75, 3.05) is 24.5 Å². The standard InChI is InChI=1S/C26H22F4N2O/c27-19-3-1-18(2-4-19)25(33)32-16-26(23-14-20(28)5-6-24(23)32)7-9-31(10-8-26)15-17-11-21(29)13-22(30)12-17/h1-6,11-14H,7-10,15-16H2. The number of carbonyl (C=O) groups is 1. The van der Waals surface area contributed by atoms with E-state index in [0.29, 0.717) is 55.8 Å². The molecule has 0 saturated carbocycles. The van der Waals surface area contributed by atoms with Crippen LogP contribution < -0.4 is 4.90 Å². The predicted molar refractivity (Wildman–Crippen MR) is 117 cm³/mol. The van der Waals surface area contributed by atoms with E-state index in [4.69, 9.17) is 0 Å². The number of likely N-dealkylation sites (tertiary alicyclic amines) is 1. The molecule has 7 heteroatoms. The highest BCUT2D eigenvalue weighted by atomic mass is 19.1. The molecule has 0 aliphatic carbocycles. The van der Waals surface area contributed by atoms with Crippen molar-refractivity contribution in [2.24, 2.45) is 0 Å². The van der Waals surface area contributed by atoms with Crippen molar-refractivity contribution in [1.82, 2.24) is 4.90 Å². The van der Waals surface area contributed by atoms with Crippen molar-refractivity contribution in [1.29, 1.82) is 0 Å². The van der Waals surface area contributed by atoms with E-state index in [1.807, 2.05) is 0 Å². The molecule has 3 nitrogen and oxygen atoms in total. The van der Waals surface area contributed by atoms with Gasteiger partial charge in [0, 0.05) is 35.8 Å². The van der Waals surface area contributed by atoms with Crippen LogP contribution >= 0.6 is 0 Å². The maximum absolute atomic E-state index is 14.2. The van der Waals surface area contributed by atoms with Gasteiger partial charge in [-0.25, -0.2) is 17.6 Å². The summed E-state index contributed by atoms with van der Waals surface area (Å²) in [6, 6.07) is 13.4. The number of piperidine rings is 1. The number of benzene rings is 3. The molecule has 0 atom stereocenters. The van der Waals surface area contributed by atoms with Crippen molar-refractivity contribution in [3.05, 3.63) is 101 Å². The molecule has 1 amide bonds. The van der Waals surface area contributed by atoms with Crippen LogP contribution in [0.3, 0.4) is 0 Å². The van der Waals surface area contributed by atoms with E-state index in [9.17, 15) is 22.4 Å². The summed E-state index contributed by atoms with van der Waals surface area (Å²) in [7, 11) is 0. The molecule has 0 radical (unpaired) electrons. The topological polar surface area (TPSA) is 23.6 Å². The number of hydrogen-bond acceptors (Lipinski definition) is 2. The van der Waals surface area contributed by atoms with Crippen molar-refractivity contribution in [3.8, 4) is 0 Å². The lowest BCUT2D eigenvalue weighted by Crippen LogP contribution is -2.45. The normalized spacial score (nSPS) is 17.4. The van der Waals surface area contributed by atoms with Crippen LogP contribution in [0.25, 0.3) is 0 Å². The van der Waals surface area contributed by atoms with Crippen LogP contribution in [0.5, 0.6) is 0 Å². The number of halogens is 4. The maximum Gasteiger partial charge on any atom is 0.258 e. The first-order valence-electron chi connectivity index (χ1n) is 10.9. The quantitative estimate of drug-likeness (QED) is 0.493. The molecule has 3 aromatic rings. The van der Waals surface area contributed by atoms with E-state index in [0.717, 1.165) is 11.6 Å².